The fourth-order valence-electron chi connectivity index (χ4n) is 0.521. The van der Waals surface area contributed by atoms with E-state index in [2.05, 4.69) is 10.1 Å². The van der Waals surface area contributed by atoms with Crippen molar-refractivity contribution >= 4 is 11.8 Å². The summed E-state index contributed by atoms with van der Waals surface area (Å²) in [5.74, 6) is -1.22. The molecular formula is C4H2N4O2. The van der Waals surface area contributed by atoms with Gasteiger partial charge in [-0.2, -0.15) is 4.91 Å². The molecule has 0 N–H and O–H groups in total. The lowest BCUT2D eigenvalue weighted by Crippen LogP contribution is -2.22. The van der Waals surface area contributed by atoms with Crippen molar-refractivity contribution in [1.82, 2.24) is 5.01 Å². The number of hydrogen-bond donors (Lipinski definition) is 0. The molecule has 0 aromatic rings. The van der Waals surface area contributed by atoms with E-state index in [9.17, 15) is 9.59 Å². The van der Waals surface area contributed by atoms with Crippen molar-refractivity contribution in [1.29, 1.82) is 0 Å². The number of carbonyl (C=O) groups excluding carboxylic acids is 2. The lowest BCUT2D eigenvalue weighted by Gasteiger charge is -1.95. The second kappa shape index (κ2) is 2.20. The van der Waals surface area contributed by atoms with Crippen LogP contribution in [0, 0.1) is 0 Å². The van der Waals surface area contributed by atoms with E-state index in [-0.39, 0.29) is 0 Å². The molecule has 1 heterocycles. The van der Waals surface area contributed by atoms with Crippen LogP contribution < -0.4 is 0 Å². The number of rotatable bonds is 1. The highest BCUT2D eigenvalue weighted by Gasteiger charge is 2.27. The third kappa shape index (κ3) is 0.828. The highest BCUT2D eigenvalue weighted by molar-refractivity contribution is 6.12. The molecule has 10 heavy (non-hydrogen) atoms. The molecular weight excluding hydrogens is 136 g/mol. The van der Waals surface area contributed by atoms with E-state index < -0.39 is 11.8 Å². The predicted molar refractivity (Wildman–Crippen MR) is 30.1 cm³/mol. The van der Waals surface area contributed by atoms with Gasteiger partial charge in [-0.05, 0) is 5.22 Å². The molecule has 0 radical (unpaired) electrons. The van der Waals surface area contributed by atoms with Gasteiger partial charge >= 0.3 is 11.8 Å². The first-order chi connectivity index (χ1) is 4.75. The Balaban J connectivity index is 2.89. The summed E-state index contributed by atoms with van der Waals surface area (Å²) in [6.45, 7) is 0. The molecule has 1 rings (SSSR count). The monoisotopic (exact) mass is 138 g/mol. The molecule has 6 heteroatoms. The summed E-state index contributed by atoms with van der Waals surface area (Å²) in [4.78, 5) is 23.3. The van der Waals surface area contributed by atoms with E-state index >= 15 is 0 Å². The quantitative estimate of drug-likeness (QED) is 0.223. The van der Waals surface area contributed by atoms with Crippen LogP contribution >= 0.6 is 0 Å². The maximum atomic E-state index is 10.5. The summed E-state index contributed by atoms with van der Waals surface area (Å²) in [5, 5.41) is 3.28. The minimum atomic E-state index is -0.609. The highest BCUT2D eigenvalue weighted by atomic mass is 16.2. The smallest absolute Gasteiger partial charge is 0.241 e. The van der Waals surface area contributed by atoms with Gasteiger partial charge in [0.05, 0.1) is 0 Å². The van der Waals surface area contributed by atoms with Crippen LogP contribution in [0.5, 0.6) is 0 Å². The first-order valence-electron chi connectivity index (χ1n) is 2.37. The zero-order chi connectivity index (χ0) is 7.56. The predicted octanol–water partition coefficient (Wildman–Crippen LogP) is 0.137. The largest absolute Gasteiger partial charge is 0.345 e. The van der Waals surface area contributed by atoms with Crippen molar-refractivity contribution in [2.24, 2.45) is 5.22 Å². The number of imide groups is 1. The third-order valence-corrected chi connectivity index (χ3v) is 0.915. The Kier molecular flexibility index (Phi) is 1.39. The summed E-state index contributed by atoms with van der Waals surface area (Å²) < 4.78 is 0. The van der Waals surface area contributed by atoms with Gasteiger partial charge in [0.25, 0.3) is 0 Å². The first kappa shape index (κ1) is 6.31. The Hall–Kier alpha value is -1.81. The Morgan fingerprint density at radius 3 is 2.30 bits per heavy atom. The van der Waals surface area contributed by atoms with Gasteiger partial charge in [0.2, 0.25) is 0 Å². The average Bonchev–Trinajstić information content (AvgIpc) is 2.20. The molecule has 0 saturated carbocycles. The molecule has 0 fully saturated rings. The van der Waals surface area contributed by atoms with Crippen LogP contribution in [0.1, 0.15) is 0 Å². The average molecular weight is 138 g/mol. The number of azide groups is 1. The van der Waals surface area contributed by atoms with Crippen LogP contribution in [-0.4, -0.2) is 16.8 Å². The Bertz CT molecular complexity index is 244. The van der Waals surface area contributed by atoms with Crippen molar-refractivity contribution in [2.45, 2.75) is 0 Å². The zero-order valence-electron chi connectivity index (χ0n) is 4.76. The van der Waals surface area contributed by atoms with Crippen LogP contribution in [0.25, 0.3) is 10.4 Å². The highest BCUT2D eigenvalue weighted by Crippen LogP contribution is 2.02. The Morgan fingerprint density at radius 2 is 1.90 bits per heavy atom. The molecule has 1 aliphatic heterocycles. The van der Waals surface area contributed by atoms with Gasteiger partial charge in [-0.15, -0.1) is 10.5 Å². The number of nitrogens with zero attached hydrogens (tertiary/aromatic N) is 4. The molecule has 6 nitrogen and oxygen atoms in total. The Morgan fingerprint density at radius 1 is 1.40 bits per heavy atom. The third-order valence-electron chi connectivity index (χ3n) is 0.915. The maximum absolute atomic E-state index is 10.5. The summed E-state index contributed by atoms with van der Waals surface area (Å²) in [6, 6.07) is 0. The molecule has 0 unspecified atom stereocenters. The molecule has 0 aromatic carbocycles. The van der Waals surface area contributed by atoms with E-state index in [1.165, 1.54) is 0 Å². The van der Waals surface area contributed by atoms with Gasteiger partial charge < -0.3 is 0 Å². The molecule has 0 aromatic heterocycles. The summed E-state index contributed by atoms with van der Waals surface area (Å²) in [7, 11) is 0. The lowest BCUT2D eigenvalue weighted by atomic mass is 10.6. The normalized spacial score (nSPS) is 15.8. The van der Waals surface area contributed by atoms with E-state index in [0.717, 1.165) is 12.2 Å². The SMILES string of the molecule is [N-]=[N+]=NN1C(=O)C=CC1=O. The molecule has 2 amide bonds. The minimum absolute atomic E-state index is 0.444. The van der Waals surface area contributed by atoms with E-state index in [1.54, 1.807) is 0 Å². The van der Waals surface area contributed by atoms with Crippen LogP contribution in [0.2, 0.25) is 0 Å². The lowest BCUT2D eigenvalue weighted by molar-refractivity contribution is -0.136. The first-order valence-corrected chi connectivity index (χ1v) is 2.37. The topological polar surface area (TPSA) is 86.1 Å². The van der Waals surface area contributed by atoms with Crippen molar-refractivity contribution in [3.63, 3.8) is 0 Å². The number of amides is 2. The Labute approximate surface area is 55.3 Å². The summed E-state index contributed by atoms with van der Waals surface area (Å²) in [6.07, 6.45) is 2.08. The summed E-state index contributed by atoms with van der Waals surface area (Å²) in [5.41, 5.74) is 7.85. The molecule has 1 aliphatic rings. The fraction of sp³-hybridized carbons (Fsp3) is 0. The van der Waals surface area contributed by atoms with Gasteiger partial charge in [-0.3, -0.25) is 0 Å². The molecule has 0 saturated heterocycles. The van der Waals surface area contributed by atoms with Crippen LogP contribution in [0.15, 0.2) is 17.4 Å². The van der Waals surface area contributed by atoms with E-state index in [4.69, 9.17) is 5.53 Å². The van der Waals surface area contributed by atoms with Gasteiger partial charge in [0, 0.05) is 12.2 Å². The van der Waals surface area contributed by atoms with E-state index in [1.807, 2.05) is 0 Å². The molecule has 0 atom stereocenters. The molecule has 0 aliphatic carbocycles. The second-order valence-electron chi connectivity index (χ2n) is 1.50. The standard InChI is InChI=1S/C4H2N4O2/c5-6-7-8-3(9)1-2-4(8)10/h1-2H. The van der Waals surface area contributed by atoms with Gasteiger partial charge in [-0.1, -0.05) is 0 Å². The molecule has 0 spiro atoms. The second-order valence-corrected chi connectivity index (χ2v) is 1.50. The minimum Gasteiger partial charge on any atom is -0.241 e. The van der Waals surface area contributed by atoms with Crippen LogP contribution in [0.3, 0.4) is 0 Å². The number of hydrogen-bond acceptors (Lipinski definition) is 3. The number of carbonyl (C=O) groups is 2. The molecule has 50 valence electrons. The maximum Gasteiger partial charge on any atom is 0.345 e. The van der Waals surface area contributed by atoms with Gasteiger partial charge in [0.1, 0.15) is 0 Å². The van der Waals surface area contributed by atoms with Crippen molar-refractivity contribution in [2.75, 3.05) is 0 Å². The molecule has 0 bridgehead atoms. The van der Waals surface area contributed by atoms with Crippen LogP contribution in [0.4, 0.5) is 0 Å². The van der Waals surface area contributed by atoms with Gasteiger partial charge in [-0.25, -0.2) is 9.59 Å². The van der Waals surface area contributed by atoms with Crippen molar-refractivity contribution < 1.29 is 9.59 Å². The summed E-state index contributed by atoms with van der Waals surface area (Å²) >= 11 is 0. The van der Waals surface area contributed by atoms with Crippen LogP contribution in [-0.2, 0) is 9.59 Å². The fourth-order valence-corrected chi connectivity index (χ4v) is 0.521. The van der Waals surface area contributed by atoms with Crippen molar-refractivity contribution in [3.05, 3.63) is 22.6 Å². The van der Waals surface area contributed by atoms with Gasteiger partial charge in [0.15, 0.2) is 0 Å². The van der Waals surface area contributed by atoms with Crippen molar-refractivity contribution in [3.8, 4) is 0 Å². The van der Waals surface area contributed by atoms with E-state index in [0.29, 0.717) is 5.01 Å². The zero-order valence-corrected chi connectivity index (χ0v) is 4.76.